The molecule has 1 unspecified atom stereocenters. The van der Waals surface area contributed by atoms with Crippen molar-refractivity contribution in [1.29, 1.82) is 5.26 Å². The molecule has 3 atom stereocenters. The summed E-state index contributed by atoms with van der Waals surface area (Å²) in [5.41, 5.74) is 1.56. The Labute approximate surface area is 167 Å². The Kier molecular flexibility index (Phi) is 10.1. The van der Waals surface area contributed by atoms with E-state index >= 15 is 0 Å². The number of aliphatic hydroxyl groups is 1. The van der Waals surface area contributed by atoms with Gasteiger partial charge in [-0.2, -0.15) is 5.26 Å². The molecule has 3 N–H and O–H groups in total. The number of hydrogen-bond acceptors (Lipinski definition) is 4. The Hall–Kier alpha value is -0.700. The van der Waals surface area contributed by atoms with Gasteiger partial charge in [0.2, 0.25) is 7.37 Å². The minimum Gasteiger partial charge on any atom is -0.391 e. The molecule has 26 heavy (non-hydrogen) atoms. The molecule has 0 heterocycles. The summed E-state index contributed by atoms with van der Waals surface area (Å²) in [7, 11) is -3.29. The van der Waals surface area contributed by atoms with Crippen molar-refractivity contribution in [3.8, 4) is 6.07 Å². The topological polar surface area (TPSA) is 93.3 Å². The molecule has 7 heteroatoms. The number of nitrogens with zero attached hydrogens (tertiary/aromatic N) is 1. The van der Waals surface area contributed by atoms with Crippen molar-refractivity contribution in [2.24, 2.45) is 5.92 Å². The zero-order chi connectivity index (χ0) is 18.3. The summed E-state index contributed by atoms with van der Waals surface area (Å²) in [6.07, 6.45) is 5.02. The van der Waals surface area contributed by atoms with Gasteiger partial charge in [-0.05, 0) is 43.4 Å². The molecule has 0 radical (unpaired) electrons. The lowest BCUT2D eigenvalue weighted by Gasteiger charge is -2.25. The summed E-state index contributed by atoms with van der Waals surface area (Å²) in [5, 5.41) is 22.3. The van der Waals surface area contributed by atoms with Crippen LogP contribution >= 0.6 is 24.4 Å². The van der Waals surface area contributed by atoms with Crippen LogP contribution in [0.3, 0.4) is 0 Å². The van der Waals surface area contributed by atoms with Crippen molar-refractivity contribution < 1.29 is 14.6 Å². The summed E-state index contributed by atoms with van der Waals surface area (Å²) in [6.45, 7) is 2.21. The van der Waals surface area contributed by atoms with E-state index in [2.05, 4.69) is 11.4 Å². The van der Waals surface area contributed by atoms with E-state index in [0.717, 1.165) is 31.2 Å². The summed E-state index contributed by atoms with van der Waals surface area (Å²) in [4.78, 5) is 10.2. The van der Waals surface area contributed by atoms with Crippen LogP contribution in [0.1, 0.15) is 56.2 Å². The van der Waals surface area contributed by atoms with Gasteiger partial charge in [0.25, 0.3) is 0 Å². The molecule has 1 aromatic carbocycles. The van der Waals surface area contributed by atoms with Crippen LogP contribution in [0, 0.1) is 17.2 Å². The van der Waals surface area contributed by atoms with Crippen molar-refractivity contribution in [1.82, 2.24) is 5.32 Å². The van der Waals surface area contributed by atoms with E-state index in [0.29, 0.717) is 17.6 Å². The molecule has 0 aliphatic heterocycles. The normalized spacial score (nSPS) is 19.6. The standard InChI is InChI=1S/C19H29N2O3P.BrH/c1-15(18-9-5-8-17(10-18)11-20)21-12-19(22)14-25(23,24)13-16-6-3-2-4-7-16;/h5,8-10,15-16,19,21-22H,2-4,6-7,12-14H2,1H3,(H,23,24);1H/t15-,19-;/m1./s1. The van der Waals surface area contributed by atoms with E-state index in [4.69, 9.17) is 5.26 Å². The van der Waals surface area contributed by atoms with Gasteiger partial charge in [0.1, 0.15) is 0 Å². The van der Waals surface area contributed by atoms with Crippen LogP contribution in [-0.2, 0) is 4.57 Å². The van der Waals surface area contributed by atoms with Crippen LogP contribution in [0.25, 0.3) is 0 Å². The number of rotatable bonds is 8. The van der Waals surface area contributed by atoms with Crippen LogP contribution in [0.5, 0.6) is 0 Å². The minimum atomic E-state index is -3.29. The first-order valence-electron chi connectivity index (χ1n) is 9.12. The van der Waals surface area contributed by atoms with Crippen molar-refractivity contribution in [3.63, 3.8) is 0 Å². The van der Waals surface area contributed by atoms with Gasteiger partial charge in [-0.1, -0.05) is 31.4 Å². The quantitative estimate of drug-likeness (QED) is 0.526. The molecule has 1 saturated carbocycles. The van der Waals surface area contributed by atoms with E-state index in [-0.39, 0.29) is 35.7 Å². The maximum Gasteiger partial charge on any atom is 0.203 e. The summed E-state index contributed by atoms with van der Waals surface area (Å²) >= 11 is 0. The van der Waals surface area contributed by atoms with Gasteiger partial charge in [0.15, 0.2) is 0 Å². The highest BCUT2D eigenvalue weighted by atomic mass is 79.9. The first-order chi connectivity index (χ1) is 11.9. The Bertz CT molecular complexity index is 644. The van der Waals surface area contributed by atoms with Crippen molar-refractivity contribution in [2.45, 2.75) is 51.2 Å². The predicted molar refractivity (Wildman–Crippen MR) is 110 cm³/mol. The maximum atomic E-state index is 12.4. The van der Waals surface area contributed by atoms with Crippen molar-refractivity contribution in [2.75, 3.05) is 18.9 Å². The number of hydrogen-bond donors (Lipinski definition) is 3. The van der Waals surface area contributed by atoms with E-state index in [1.807, 2.05) is 25.1 Å². The molecule has 1 fully saturated rings. The zero-order valence-electron chi connectivity index (χ0n) is 15.3. The fourth-order valence-electron chi connectivity index (χ4n) is 3.55. The number of aliphatic hydroxyl groups excluding tert-OH is 1. The molecular weight excluding hydrogens is 415 g/mol. The monoisotopic (exact) mass is 444 g/mol. The highest BCUT2D eigenvalue weighted by Gasteiger charge is 2.28. The fraction of sp³-hybridized carbons (Fsp3) is 0.632. The third-order valence-corrected chi connectivity index (χ3v) is 7.02. The van der Waals surface area contributed by atoms with E-state index in [1.54, 1.807) is 6.07 Å². The van der Waals surface area contributed by atoms with Gasteiger partial charge in [0.05, 0.1) is 23.9 Å². The first-order valence-corrected chi connectivity index (χ1v) is 11.1. The number of nitrogens with one attached hydrogen (secondary N) is 1. The Morgan fingerprint density at radius 2 is 2.04 bits per heavy atom. The summed E-state index contributed by atoms with van der Waals surface area (Å²) in [5.74, 6) is 0.331. The van der Waals surface area contributed by atoms with Gasteiger partial charge in [-0.15, -0.1) is 17.0 Å². The fourth-order valence-corrected chi connectivity index (χ4v) is 5.66. The molecule has 0 bridgehead atoms. The van der Waals surface area contributed by atoms with Crippen molar-refractivity contribution >= 4 is 24.4 Å². The molecule has 0 spiro atoms. The molecular formula is C19H30BrN2O3P. The van der Waals surface area contributed by atoms with Gasteiger partial charge in [-0.25, -0.2) is 0 Å². The lowest BCUT2D eigenvalue weighted by molar-refractivity contribution is 0.186. The predicted octanol–water partition coefficient (Wildman–Crippen LogP) is 4.00. The molecule has 146 valence electrons. The average Bonchev–Trinajstić information content (AvgIpc) is 2.59. The maximum absolute atomic E-state index is 12.4. The SMILES string of the molecule is Br.C[C@@H](NC[C@@H](O)CP(=O)(O)CC1CCCCC1)c1cccc(C#N)c1. The highest BCUT2D eigenvalue weighted by Crippen LogP contribution is 2.45. The summed E-state index contributed by atoms with van der Waals surface area (Å²) in [6, 6.07) is 9.37. The number of benzene rings is 1. The number of halogens is 1. The molecule has 0 amide bonds. The Morgan fingerprint density at radius 3 is 2.69 bits per heavy atom. The smallest absolute Gasteiger partial charge is 0.203 e. The largest absolute Gasteiger partial charge is 0.391 e. The zero-order valence-corrected chi connectivity index (χ0v) is 17.9. The second kappa shape index (κ2) is 11.2. The first kappa shape index (κ1) is 23.3. The molecule has 0 aromatic heterocycles. The van der Waals surface area contributed by atoms with Crippen LogP contribution in [0.2, 0.25) is 0 Å². The van der Waals surface area contributed by atoms with Crippen LogP contribution < -0.4 is 5.32 Å². The highest BCUT2D eigenvalue weighted by molar-refractivity contribution is 8.93. The van der Waals surface area contributed by atoms with E-state index in [9.17, 15) is 14.6 Å². The second-order valence-electron chi connectivity index (χ2n) is 7.24. The van der Waals surface area contributed by atoms with Gasteiger partial charge < -0.3 is 15.3 Å². The molecule has 2 rings (SSSR count). The van der Waals surface area contributed by atoms with Gasteiger partial charge in [0, 0.05) is 18.7 Å². The molecule has 1 aromatic rings. The molecule has 1 aliphatic carbocycles. The lowest BCUT2D eigenvalue weighted by atomic mass is 9.91. The molecule has 1 aliphatic rings. The van der Waals surface area contributed by atoms with Crippen molar-refractivity contribution in [3.05, 3.63) is 35.4 Å². The molecule has 5 nitrogen and oxygen atoms in total. The van der Waals surface area contributed by atoms with Crippen LogP contribution in [0.4, 0.5) is 0 Å². The Morgan fingerprint density at radius 1 is 1.35 bits per heavy atom. The average molecular weight is 445 g/mol. The number of nitriles is 1. The van der Waals surface area contributed by atoms with Gasteiger partial charge in [-0.3, -0.25) is 4.57 Å². The van der Waals surface area contributed by atoms with Crippen LogP contribution in [0.15, 0.2) is 24.3 Å². The third kappa shape index (κ3) is 7.90. The lowest BCUT2D eigenvalue weighted by Crippen LogP contribution is -2.32. The second-order valence-corrected chi connectivity index (χ2v) is 9.66. The van der Waals surface area contributed by atoms with Gasteiger partial charge >= 0.3 is 0 Å². The van der Waals surface area contributed by atoms with E-state index < -0.39 is 13.5 Å². The summed E-state index contributed by atoms with van der Waals surface area (Å²) < 4.78 is 12.4. The Balaban J connectivity index is 0.00000338. The minimum absolute atomic E-state index is 0. The van der Waals surface area contributed by atoms with Crippen LogP contribution in [-0.4, -0.2) is 35.0 Å². The van der Waals surface area contributed by atoms with E-state index in [1.165, 1.54) is 6.42 Å². The molecule has 0 saturated heterocycles. The third-order valence-electron chi connectivity index (χ3n) is 4.94.